The summed E-state index contributed by atoms with van der Waals surface area (Å²) in [6.45, 7) is 3.96. The van der Waals surface area contributed by atoms with Gasteiger partial charge in [0.15, 0.2) is 0 Å². The fourth-order valence-corrected chi connectivity index (χ4v) is 4.54. The molecule has 0 atom stereocenters. The van der Waals surface area contributed by atoms with Gasteiger partial charge in [0.2, 0.25) is 0 Å². The number of nitriles is 1. The Bertz CT molecular complexity index is 700. The molecule has 2 heterocycles. The van der Waals surface area contributed by atoms with Crippen LogP contribution in [0.5, 0.6) is 0 Å². The molecule has 110 valence electrons. The van der Waals surface area contributed by atoms with Crippen LogP contribution in [0.2, 0.25) is 0 Å². The highest BCUT2D eigenvalue weighted by molar-refractivity contribution is 8.00. The lowest BCUT2D eigenvalue weighted by Crippen LogP contribution is -2.05. The number of aryl methyl sites for hydroxylation is 1. The zero-order valence-corrected chi connectivity index (χ0v) is 14.0. The molecule has 0 aliphatic heterocycles. The van der Waals surface area contributed by atoms with E-state index in [0.29, 0.717) is 26.8 Å². The molecule has 0 aliphatic rings. The number of nitrogen functional groups attached to an aromatic ring is 1. The number of anilines is 1. The lowest BCUT2D eigenvalue weighted by molar-refractivity contribution is 0.0531. The fraction of sp³-hybridized carbons (Fsp3) is 0.308. The van der Waals surface area contributed by atoms with Crippen LogP contribution in [0, 0.1) is 18.3 Å². The number of esters is 1. The second-order valence-electron chi connectivity index (χ2n) is 4.02. The molecule has 0 amide bonds. The Morgan fingerprint density at radius 2 is 2.38 bits per heavy atom. The largest absolute Gasteiger partial charge is 0.462 e. The predicted molar refractivity (Wildman–Crippen MR) is 85.8 cm³/mol. The Morgan fingerprint density at radius 3 is 2.95 bits per heavy atom. The van der Waals surface area contributed by atoms with Gasteiger partial charge in [-0.3, -0.25) is 0 Å². The minimum Gasteiger partial charge on any atom is -0.462 e. The van der Waals surface area contributed by atoms with Crippen molar-refractivity contribution < 1.29 is 9.53 Å². The van der Waals surface area contributed by atoms with E-state index in [2.05, 4.69) is 11.1 Å². The van der Waals surface area contributed by atoms with Gasteiger partial charge in [-0.2, -0.15) is 5.26 Å². The van der Waals surface area contributed by atoms with E-state index in [4.69, 9.17) is 10.5 Å². The Balaban J connectivity index is 2.27. The van der Waals surface area contributed by atoms with Gasteiger partial charge in [0.25, 0.3) is 0 Å². The minimum absolute atomic E-state index is 0.288. The van der Waals surface area contributed by atoms with Crippen LogP contribution in [-0.4, -0.2) is 17.6 Å². The number of hydrogen-bond acceptors (Lipinski definition) is 8. The fourth-order valence-electron chi connectivity index (χ4n) is 1.64. The highest BCUT2D eigenvalue weighted by Crippen LogP contribution is 2.36. The molecule has 0 aliphatic carbocycles. The number of nitrogens with zero attached hydrogens (tertiary/aromatic N) is 2. The van der Waals surface area contributed by atoms with Gasteiger partial charge in [-0.1, -0.05) is 11.8 Å². The lowest BCUT2D eigenvalue weighted by atomic mass is 10.2. The number of hydrogen-bond donors (Lipinski definition) is 1. The summed E-state index contributed by atoms with van der Waals surface area (Å²) >= 11 is 4.13. The van der Waals surface area contributed by atoms with Gasteiger partial charge in [0, 0.05) is 22.4 Å². The summed E-state index contributed by atoms with van der Waals surface area (Å²) in [6, 6.07) is 2.07. The van der Waals surface area contributed by atoms with Crippen molar-refractivity contribution in [1.29, 1.82) is 5.26 Å². The first-order valence-electron chi connectivity index (χ1n) is 6.10. The summed E-state index contributed by atoms with van der Waals surface area (Å²) in [7, 11) is 0. The molecule has 2 aromatic rings. The highest BCUT2D eigenvalue weighted by Gasteiger charge is 2.23. The molecule has 8 heteroatoms. The zero-order chi connectivity index (χ0) is 15.4. The van der Waals surface area contributed by atoms with Crippen molar-refractivity contribution in [2.75, 3.05) is 12.3 Å². The molecule has 0 aromatic carbocycles. The molecule has 0 bridgehead atoms. The van der Waals surface area contributed by atoms with Crippen LogP contribution >= 0.6 is 34.4 Å². The first-order valence-corrected chi connectivity index (χ1v) is 8.78. The summed E-state index contributed by atoms with van der Waals surface area (Å²) in [5.41, 5.74) is 7.78. The van der Waals surface area contributed by atoms with Crippen molar-refractivity contribution >= 4 is 45.4 Å². The summed E-state index contributed by atoms with van der Waals surface area (Å²) in [5.74, 6) is 0.0409. The van der Waals surface area contributed by atoms with Crippen LogP contribution in [0.15, 0.2) is 9.72 Å². The van der Waals surface area contributed by atoms with Gasteiger partial charge < -0.3 is 10.5 Å². The molecule has 2 aromatic heterocycles. The second-order valence-corrected chi connectivity index (χ2v) is 7.16. The molecule has 0 saturated carbocycles. The molecule has 2 rings (SSSR count). The monoisotopic (exact) mass is 339 g/mol. The van der Waals surface area contributed by atoms with Crippen LogP contribution in [0.1, 0.15) is 33.4 Å². The molecule has 5 nitrogen and oxygen atoms in total. The molecule has 0 unspecified atom stereocenters. The van der Waals surface area contributed by atoms with Crippen LogP contribution < -0.4 is 5.73 Å². The molecule has 0 fully saturated rings. The van der Waals surface area contributed by atoms with E-state index in [-0.39, 0.29) is 6.61 Å². The number of carbonyl (C=O) groups excluding carboxylic acids is 1. The van der Waals surface area contributed by atoms with E-state index >= 15 is 0 Å². The van der Waals surface area contributed by atoms with Crippen molar-refractivity contribution in [1.82, 2.24) is 4.98 Å². The summed E-state index contributed by atoms with van der Waals surface area (Å²) in [4.78, 5) is 16.7. The maximum absolute atomic E-state index is 12.0. The number of rotatable bonds is 5. The smallest absolute Gasteiger partial charge is 0.348 e. The standard InChI is InChI=1S/C13H13N3O2S3/c1-3-18-12(17)10-9(8(4-14)11(15)21-10)6-20-13-16-7(2)5-19-13/h5H,3,6,15H2,1-2H3. The van der Waals surface area contributed by atoms with Gasteiger partial charge in [-0.25, -0.2) is 9.78 Å². The Kier molecular flexibility index (Phi) is 5.22. The molecule has 21 heavy (non-hydrogen) atoms. The van der Waals surface area contributed by atoms with E-state index in [9.17, 15) is 10.1 Å². The van der Waals surface area contributed by atoms with Crippen molar-refractivity contribution in [3.63, 3.8) is 0 Å². The van der Waals surface area contributed by atoms with Crippen molar-refractivity contribution in [3.05, 3.63) is 27.1 Å². The maximum atomic E-state index is 12.0. The maximum Gasteiger partial charge on any atom is 0.348 e. The van der Waals surface area contributed by atoms with Crippen LogP contribution in [-0.2, 0) is 10.5 Å². The van der Waals surface area contributed by atoms with Gasteiger partial charge in [0.1, 0.15) is 20.3 Å². The third kappa shape index (κ3) is 3.56. The number of ether oxygens (including phenoxy) is 1. The van der Waals surface area contributed by atoms with Gasteiger partial charge in [-0.05, 0) is 13.8 Å². The van der Waals surface area contributed by atoms with E-state index in [1.807, 2.05) is 12.3 Å². The molecule has 2 N–H and O–H groups in total. The molecule has 0 saturated heterocycles. The Labute approximate surface area is 134 Å². The number of thiophene rings is 1. The quantitative estimate of drug-likeness (QED) is 0.663. The van der Waals surface area contributed by atoms with E-state index in [1.54, 1.807) is 6.92 Å². The lowest BCUT2D eigenvalue weighted by Gasteiger charge is -2.03. The first kappa shape index (κ1) is 15.8. The average Bonchev–Trinajstić information content (AvgIpc) is 3.00. The average molecular weight is 339 g/mol. The summed E-state index contributed by atoms with van der Waals surface area (Å²) in [5, 5.41) is 11.5. The van der Waals surface area contributed by atoms with E-state index < -0.39 is 5.97 Å². The second kappa shape index (κ2) is 6.93. The number of thiazole rings is 1. The molecule has 0 radical (unpaired) electrons. The Morgan fingerprint density at radius 1 is 1.62 bits per heavy atom. The van der Waals surface area contributed by atoms with Gasteiger partial charge in [-0.15, -0.1) is 22.7 Å². The van der Waals surface area contributed by atoms with Gasteiger partial charge >= 0.3 is 5.97 Å². The van der Waals surface area contributed by atoms with E-state index in [0.717, 1.165) is 21.4 Å². The summed E-state index contributed by atoms with van der Waals surface area (Å²) < 4.78 is 5.92. The normalized spacial score (nSPS) is 10.3. The molecular formula is C13H13N3O2S3. The predicted octanol–water partition coefficient (Wildman–Crippen LogP) is 3.44. The topological polar surface area (TPSA) is 89.0 Å². The van der Waals surface area contributed by atoms with Crippen molar-refractivity contribution in [2.24, 2.45) is 0 Å². The number of thioether (sulfide) groups is 1. The summed E-state index contributed by atoms with van der Waals surface area (Å²) in [6.07, 6.45) is 0. The van der Waals surface area contributed by atoms with Crippen molar-refractivity contribution in [2.45, 2.75) is 23.9 Å². The van der Waals surface area contributed by atoms with Crippen LogP contribution in [0.25, 0.3) is 0 Å². The highest BCUT2D eigenvalue weighted by atomic mass is 32.2. The van der Waals surface area contributed by atoms with Crippen LogP contribution in [0.4, 0.5) is 5.00 Å². The Hall–Kier alpha value is -1.56. The van der Waals surface area contributed by atoms with Crippen molar-refractivity contribution in [3.8, 4) is 6.07 Å². The number of nitrogens with two attached hydrogens (primary N) is 1. The van der Waals surface area contributed by atoms with Gasteiger partial charge in [0.05, 0.1) is 12.2 Å². The first-order chi connectivity index (χ1) is 10.1. The minimum atomic E-state index is -0.429. The van der Waals surface area contributed by atoms with E-state index in [1.165, 1.54) is 23.1 Å². The molecule has 0 spiro atoms. The SMILES string of the molecule is CCOC(=O)c1sc(N)c(C#N)c1CSc1nc(C)cs1. The number of carbonyl (C=O) groups is 1. The van der Waals surface area contributed by atoms with Crippen LogP contribution in [0.3, 0.4) is 0 Å². The molecular weight excluding hydrogens is 326 g/mol. The zero-order valence-electron chi connectivity index (χ0n) is 11.5. The third-order valence-electron chi connectivity index (χ3n) is 2.54. The number of aromatic nitrogens is 1. The third-order valence-corrected chi connectivity index (χ3v) is 5.75.